The summed E-state index contributed by atoms with van der Waals surface area (Å²) < 4.78 is 5.08. The molecule has 19 heavy (non-hydrogen) atoms. The van der Waals surface area contributed by atoms with Crippen LogP contribution in [0.5, 0.6) is 0 Å². The molecule has 1 amide bonds. The first-order valence-electron chi connectivity index (χ1n) is 6.49. The largest absolute Gasteiger partial charge is 0.351 e. The summed E-state index contributed by atoms with van der Waals surface area (Å²) in [4.78, 5) is 16.1. The minimum atomic E-state index is -0.129. The summed E-state index contributed by atoms with van der Waals surface area (Å²) in [5.74, 6) is -0.129. The Balaban J connectivity index is 2.09. The summed E-state index contributed by atoms with van der Waals surface area (Å²) in [6, 6.07) is 1.78. The summed E-state index contributed by atoms with van der Waals surface area (Å²) in [5, 5.41) is 10.7. The van der Waals surface area contributed by atoms with E-state index in [0.717, 1.165) is 30.6 Å². The van der Waals surface area contributed by atoms with Gasteiger partial charge < -0.3 is 15.2 Å². The zero-order chi connectivity index (χ0) is 13.7. The number of fused-ring (bicyclic) bond motifs is 1. The number of aryl methyl sites for hydroxylation is 1. The molecule has 0 saturated heterocycles. The van der Waals surface area contributed by atoms with E-state index in [4.69, 9.17) is 4.52 Å². The molecule has 0 aliphatic heterocycles. The van der Waals surface area contributed by atoms with Crippen LogP contribution in [0.1, 0.15) is 29.9 Å². The summed E-state index contributed by atoms with van der Waals surface area (Å²) in [6.45, 7) is 6.25. The van der Waals surface area contributed by atoms with Crippen molar-refractivity contribution in [1.29, 1.82) is 0 Å². The number of amides is 1. The topological polar surface area (TPSA) is 80.0 Å². The fourth-order valence-electron chi connectivity index (χ4n) is 1.80. The Hall–Kier alpha value is -1.95. The van der Waals surface area contributed by atoms with Crippen LogP contribution < -0.4 is 10.6 Å². The molecule has 0 bridgehead atoms. The van der Waals surface area contributed by atoms with Crippen LogP contribution in [0.4, 0.5) is 0 Å². The van der Waals surface area contributed by atoms with Crippen molar-refractivity contribution in [3.63, 3.8) is 0 Å². The number of aromatic nitrogens is 2. The first-order chi connectivity index (χ1) is 9.26. The number of rotatable bonds is 6. The molecule has 0 fully saturated rings. The maximum absolute atomic E-state index is 11.9. The molecule has 0 unspecified atom stereocenters. The zero-order valence-electron chi connectivity index (χ0n) is 11.2. The van der Waals surface area contributed by atoms with Crippen LogP contribution in [0.15, 0.2) is 16.8 Å². The number of hydrogen-bond acceptors (Lipinski definition) is 5. The van der Waals surface area contributed by atoms with Gasteiger partial charge in [0.1, 0.15) is 0 Å². The summed E-state index contributed by atoms with van der Waals surface area (Å²) in [6.07, 6.45) is 2.26. The third-order valence-corrected chi connectivity index (χ3v) is 2.84. The molecule has 0 radical (unpaired) electrons. The van der Waals surface area contributed by atoms with Crippen molar-refractivity contribution in [3.05, 3.63) is 23.5 Å². The molecular weight excluding hydrogens is 244 g/mol. The number of nitrogens with one attached hydrogen (secondary N) is 2. The second-order valence-corrected chi connectivity index (χ2v) is 4.17. The van der Waals surface area contributed by atoms with E-state index in [0.29, 0.717) is 17.8 Å². The minimum Gasteiger partial charge on any atom is -0.351 e. The standard InChI is InChI=1S/C13H18N4O2/c1-3-11-10-7-9(8-16-13(10)19-17-11)12(18)15-6-5-14-4-2/h7-8,14H,3-6H2,1-2H3,(H,15,18). The van der Waals surface area contributed by atoms with Crippen molar-refractivity contribution >= 4 is 17.0 Å². The summed E-state index contributed by atoms with van der Waals surface area (Å²) >= 11 is 0. The van der Waals surface area contributed by atoms with Crippen molar-refractivity contribution in [1.82, 2.24) is 20.8 Å². The van der Waals surface area contributed by atoms with Gasteiger partial charge in [-0.1, -0.05) is 19.0 Å². The highest BCUT2D eigenvalue weighted by Crippen LogP contribution is 2.17. The lowest BCUT2D eigenvalue weighted by molar-refractivity contribution is 0.0954. The van der Waals surface area contributed by atoms with Crippen molar-refractivity contribution < 1.29 is 9.32 Å². The van der Waals surface area contributed by atoms with E-state index in [9.17, 15) is 4.79 Å². The van der Waals surface area contributed by atoms with Crippen LogP contribution in [0.25, 0.3) is 11.1 Å². The molecule has 0 atom stereocenters. The summed E-state index contributed by atoms with van der Waals surface area (Å²) in [7, 11) is 0. The Bertz CT molecular complexity index is 565. The molecule has 2 N–H and O–H groups in total. The van der Waals surface area contributed by atoms with Crippen LogP contribution >= 0.6 is 0 Å². The lowest BCUT2D eigenvalue weighted by Crippen LogP contribution is -2.31. The van der Waals surface area contributed by atoms with Crippen LogP contribution in [0.3, 0.4) is 0 Å². The fraction of sp³-hybridized carbons (Fsp3) is 0.462. The maximum atomic E-state index is 11.9. The predicted molar refractivity (Wildman–Crippen MR) is 72.1 cm³/mol. The third-order valence-electron chi connectivity index (χ3n) is 2.84. The van der Waals surface area contributed by atoms with Crippen LogP contribution in [-0.2, 0) is 6.42 Å². The minimum absolute atomic E-state index is 0.129. The molecule has 2 aromatic rings. The highest BCUT2D eigenvalue weighted by atomic mass is 16.5. The molecule has 0 aliphatic carbocycles. The molecule has 2 rings (SSSR count). The van der Waals surface area contributed by atoms with E-state index in [1.807, 2.05) is 13.8 Å². The average molecular weight is 262 g/mol. The maximum Gasteiger partial charge on any atom is 0.257 e. The average Bonchev–Trinajstić information content (AvgIpc) is 2.85. The number of pyridine rings is 1. The second kappa shape index (κ2) is 6.29. The Morgan fingerprint density at radius 2 is 2.21 bits per heavy atom. The molecule has 2 heterocycles. The normalized spacial score (nSPS) is 10.8. The van der Waals surface area contributed by atoms with E-state index < -0.39 is 0 Å². The van der Waals surface area contributed by atoms with Gasteiger partial charge in [-0.3, -0.25) is 4.79 Å². The first kappa shape index (κ1) is 13.5. The summed E-state index contributed by atoms with van der Waals surface area (Å²) in [5.41, 5.74) is 1.83. The Morgan fingerprint density at radius 3 is 2.95 bits per heavy atom. The highest BCUT2D eigenvalue weighted by Gasteiger charge is 2.12. The second-order valence-electron chi connectivity index (χ2n) is 4.17. The van der Waals surface area contributed by atoms with E-state index >= 15 is 0 Å². The van der Waals surface area contributed by atoms with Gasteiger partial charge in [-0.2, -0.15) is 0 Å². The van der Waals surface area contributed by atoms with Crippen molar-refractivity contribution in [2.24, 2.45) is 0 Å². The van der Waals surface area contributed by atoms with Gasteiger partial charge in [0.05, 0.1) is 16.6 Å². The molecule has 0 saturated carbocycles. The van der Waals surface area contributed by atoms with Gasteiger partial charge in [0.15, 0.2) is 0 Å². The van der Waals surface area contributed by atoms with Crippen LogP contribution in [0.2, 0.25) is 0 Å². The van der Waals surface area contributed by atoms with E-state index in [1.165, 1.54) is 6.20 Å². The lowest BCUT2D eigenvalue weighted by atomic mass is 10.1. The van der Waals surface area contributed by atoms with Crippen LogP contribution in [0, 0.1) is 0 Å². The number of hydrogen-bond donors (Lipinski definition) is 2. The number of carbonyl (C=O) groups excluding carboxylic acids is 1. The van der Waals surface area contributed by atoms with Crippen molar-refractivity contribution in [3.8, 4) is 0 Å². The van der Waals surface area contributed by atoms with Gasteiger partial charge in [-0.15, -0.1) is 0 Å². The van der Waals surface area contributed by atoms with Gasteiger partial charge in [0.2, 0.25) is 0 Å². The van der Waals surface area contributed by atoms with E-state index in [2.05, 4.69) is 20.8 Å². The highest BCUT2D eigenvalue weighted by molar-refractivity contribution is 5.96. The number of likely N-dealkylation sites (N-methyl/N-ethyl adjacent to an activating group) is 1. The van der Waals surface area contributed by atoms with Gasteiger partial charge in [-0.25, -0.2) is 4.98 Å². The predicted octanol–water partition coefficient (Wildman–Crippen LogP) is 1.12. The molecule has 0 aromatic carbocycles. The van der Waals surface area contributed by atoms with Gasteiger partial charge in [0, 0.05) is 19.3 Å². The lowest BCUT2D eigenvalue weighted by Gasteiger charge is -2.05. The third kappa shape index (κ3) is 3.08. The monoisotopic (exact) mass is 262 g/mol. The first-order valence-corrected chi connectivity index (χ1v) is 6.49. The molecule has 102 valence electrons. The van der Waals surface area contributed by atoms with Crippen LogP contribution in [-0.4, -0.2) is 35.7 Å². The molecule has 2 aromatic heterocycles. The number of carbonyl (C=O) groups is 1. The van der Waals surface area contributed by atoms with E-state index in [1.54, 1.807) is 6.07 Å². The zero-order valence-corrected chi connectivity index (χ0v) is 11.2. The van der Waals surface area contributed by atoms with Crippen molar-refractivity contribution in [2.45, 2.75) is 20.3 Å². The Kier molecular flexibility index (Phi) is 4.46. The van der Waals surface area contributed by atoms with Gasteiger partial charge in [0.25, 0.3) is 11.6 Å². The Labute approximate surface area is 111 Å². The molecule has 6 heteroatoms. The number of nitrogens with zero attached hydrogens (tertiary/aromatic N) is 2. The SMILES string of the molecule is CCNCCNC(=O)c1cnc2onc(CC)c2c1. The van der Waals surface area contributed by atoms with Gasteiger partial charge >= 0.3 is 0 Å². The van der Waals surface area contributed by atoms with Crippen molar-refractivity contribution in [2.75, 3.05) is 19.6 Å². The quantitative estimate of drug-likeness (QED) is 0.763. The molecule has 0 spiro atoms. The Morgan fingerprint density at radius 1 is 1.37 bits per heavy atom. The smallest absolute Gasteiger partial charge is 0.257 e. The molecular formula is C13H18N4O2. The van der Waals surface area contributed by atoms with Gasteiger partial charge in [-0.05, 0) is 19.0 Å². The molecule has 6 nitrogen and oxygen atoms in total. The fourth-order valence-corrected chi connectivity index (χ4v) is 1.80. The van der Waals surface area contributed by atoms with E-state index in [-0.39, 0.29) is 5.91 Å². The molecule has 0 aliphatic rings.